The zero-order valence-electron chi connectivity index (χ0n) is 12.1. The summed E-state index contributed by atoms with van der Waals surface area (Å²) in [7, 11) is 0. The molecule has 3 heteroatoms. The Bertz CT molecular complexity index is 785. The van der Waals surface area contributed by atoms with Gasteiger partial charge >= 0.3 is 5.63 Å². The van der Waals surface area contributed by atoms with Gasteiger partial charge in [-0.05, 0) is 50.0 Å². The van der Waals surface area contributed by atoms with Crippen molar-refractivity contribution in [3.63, 3.8) is 0 Å². The molecule has 4 rings (SSSR count). The molecule has 0 bridgehead atoms. The molecule has 3 nitrogen and oxygen atoms in total. The minimum atomic E-state index is -0.279. The van der Waals surface area contributed by atoms with Gasteiger partial charge in [0.1, 0.15) is 17.4 Å². The van der Waals surface area contributed by atoms with E-state index in [0.29, 0.717) is 5.92 Å². The highest BCUT2D eigenvalue weighted by molar-refractivity contribution is 5.86. The van der Waals surface area contributed by atoms with E-state index in [1.165, 1.54) is 12.8 Å². The van der Waals surface area contributed by atoms with Gasteiger partial charge in [-0.3, -0.25) is 0 Å². The molecule has 0 N–H and O–H groups in total. The monoisotopic (exact) mass is 282 g/mol. The lowest BCUT2D eigenvalue weighted by atomic mass is 9.87. The van der Waals surface area contributed by atoms with Crippen LogP contribution in [-0.2, 0) is 0 Å². The van der Waals surface area contributed by atoms with E-state index in [1.54, 1.807) is 6.07 Å². The fraction of sp³-hybridized carbons (Fsp3) is 0.389. The van der Waals surface area contributed by atoms with Crippen LogP contribution in [0.5, 0.6) is 5.75 Å². The summed E-state index contributed by atoms with van der Waals surface area (Å²) in [5.41, 5.74) is 2.50. The van der Waals surface area contributed by atoms with Crippen LogP contribution in [0.25, 0.3) is 11.0 Å². The molecule has 108 valence electrons. The number of hydrogen-bond acceptors (Lipinski definition) is 3. The minimum Gasteiger partial charge on any atom is -0.485 e. The molecule has 2 aromatic rings. The first-order chi connectivity index (χ1) is 10.2. The first kappa shape index (κ1) is 12.7. The van der Waals surface area contributed by atoms with Crippen LogP contribution in [0.4, 0.5) is 0 Å². The number of hydrogen-bond donors (Lipinski definition) is 0. The number of rotatable bonds is 0. The van der Waals surface area contributed by atoms with Gasteiger partial charge in [0.15, 0.2) is 0 Å². The number of ether oxygens (including phenoxy) is 1. The predicted octanol–water partition coefficient (Wildman–Crippen LogP) is 4.08. The van der Waals surface area contributed by atoms with Crippen molar-refractivity contribution in [2.45, 2.75) is 44.6 Å². The Labute approximate surface area is 123 Å². The molecule has 2 unspecified atom stereocenters. The smallest absolute Gasteiger partial charge is 0.336 e. The molecular weight excluding hydrogens is 264 g/mol. The molecule has 21 heavy (non-hydrogen) atoms. The third kappa shape index (κ3) is 1.99. The van der Waals surface area contributed by atoms with Gasteiger partial charge in [0.05, 0.1) is 0 Å². The van der Waals surface area contributed by atoms with Gasteiger partial charge < -0.3 is 9.15 Å². The molecule has 2 atom stereocenters. The highest BCUT2D eigenvalue weighted by atomic mass is 16.5. The molecule has 1 aliphatic carbocycles. The van der Waals surface area contributed by atoms with Crippen LogP contribution in [0.1, 0.15) is 42.7 Å². The Balaban J connectivity index is 1.96. The maximum atomic E-state index is 11.8. The zero-order valence-corrected chi connectivity index (χ0v) is 12.1. The third-order valence-corrected chi connectivity index (χ3v) is 4.61. The summed E-state index contributed by atoms with van der Waals surface area (Å²) in [5, 5.41) is 1.02. The molecule has 0 radical (unpaired) electrons. The minimum absolute atomic E-state index is 0.0803. The molecule has 0 saturated carbocycles. The van der Waals surface area contributed by atoms with Crippen molar-refractivity contribution in [2.24, 2.45) is 0 Å². The molecule has 1 aromatic carbocycles. The van der Waals surface area contributed by atoms with Crippen molar-refractivity contribution in [3.05, 3.63) is 51.9 Å². The predicted molar refractivity (Wildman–Crippen MR) is 82.0 cm³/mol. The summed E-state index contributed by atoms with van der Waals surface area (Å²) < 4.78 is 11.6. The normalized spacial score (nSPS) is 25.6. The molecule has 0 amide bonds. The second-order valence-corrected chi connectivity index (χ2v) is 6.00. The summed E-state index contributed by atoms with van der Waals surface area (Å²) in [6.45, 7) is 1.96. The van der Waals surface area contributed by atoms with Crippen LogP contribution in [-0.4, -0.2) is 6.10 Å². The average molecular weight is 282 g/mol. The van der Waals surface area contributed by atoms with Crippen LogP contribution in [0, 0.1) is 6.92 Å². The van der Waals surface area contributed by atoms with Crippen molar-refractivity contribution in [2.75, 3.05) is 0 Å². The maximum absolute atomic E-state index is 11.8. The third-order valence-electron chi connectivity index (χ3n) is 4.61. The van der Waals surface area contributed by atoms with E-state index in [0.717, 1.165) is 40.7 Å². The lowest BCUT2D eigenvalue weighted by Crippen LogP contribution is -2.17. The van der Waals surface area contributed by atoms with Gasteiger partial charge in [-0.2, -0.15) is 0 Å². The molecule has 1 aliphatic heterocycles. The van der Waals surface area contributed by atoms with Crippen LogP contribution >= 0.6 is 0 Å². The summed E-state index contributed by atoms with van der Waals surface area (Å²) in [5.74, 6) is 1.17. The highest BCUT2D eigenvalue weighted by Crippen LogP contribution is 2.46. The molecular formula is C18H18O3. The quantitative estimate of drug-likeness (QED) is 0.540. The fourth-order valence-electron chi connectivity index (χ4n) is 3.57. The molecule has 2 aliphatic rings. The Morgan fingerprint density at radius 2 is 2.14 bits per heavy atom. The van der Waals surface area contributed by atoms with Crippen LogP contribution in [0.2, 0.25) is 0 Å². The topological polar surface area (TPSA) is 39.4 Å². The van der Waals surface area contributed by atoms with Gasteiger partial charge in [-0.15, -0.1) is 0 Å². The number of benzene rings is 1. The Hall–Kier alpha value is -2.03. The van der Waals surface area contributed by atoms with E-state index >= 15 is 0 Å². The van der Waals surface area contributed by atoms with E-state index in [-0.39, 0.29) is 11.7 Å². The first-order valence-corrected chi connectivity index (χ1v) is 7.65. The van der Waals surface area contributed by atoms with Gasteiger partial charge in [0.2, 0.25) is 0 Å². The van der Waals surface area contributed by atoms with Crippen molar-refractivity contribution >= 4 is 11.0 Å². The van der Waals surface area contributed by atoms with Crippen molar-refractivity contribution in [1.29, 1.82) is 0 Å². The summed E-state index contributed by atoms with van der Waals surface area (Å²) in [4.78, 5) is 11.8. The van der Waals surface area contributed by atoms with Gasteiger partial charge in [-0.25, -0.2) is 4.79 Å². The number of aryl methyl sites for hydroxylation is 1. The Morgan fingerprint density at radius 1 is 1.24 bits per heavy atom. The highest BCUT2D eigenvalue weighted by Gasteiger charge is 2.35. The summed E-state index contributed by atoms with van der Waals surface area (Å²) >= 11 is 0. The lowest BCUT2D eigenvalue weighted by Gasteiger charge is -2.18. The second kappa shape index (κ2) is 4.76. The average Bonchev–Trinajstić information content (AvgIpc) is 2.76. The van der Waals surface area contributed by atoms with E-state index in [1.807, 2.05) is 19.1 Å². The molecule has 2 heterocycles. The maximum Gasteiger partial charge on any atom is 0.336 e. The van der Waals surface area contributed by atoms with Crippen LogP contribution < -0.4 is 10.4 Å². The number of fused-ring (bicyclic) bond motifs is 5. The molecule has 1 aromatic heterocycles. The van der Waals surface area contributed by atoms with E-state index in [2.05, 4.69) is 12.2 Å². The summed E-state index contributed by atoms with van der Waals surface area (Å²) in [6.07, 6.45) is 9.06. The van der Waals surface area contributed by atoms with E-state index in [4.69, 9.17) is 9.15 Å². The Kier molecular flexibility index (Phi) is 2.88. The first-order valence-electron chi connectivity index (χ1n) is 7.65. The van der Waals surface area contributed by atoms with Crippen molar-refractivity contribution in [1.82, 2.24) is 0 Å². The Morgan fingerprint density at radius 3 is 3.05 bits per heavy atom. The van der Waals surface area contributed by atoms with E-state index in [9.17, 15) is 4.79 Å². The van der Waals surface area contributed by atoms with Gasteiger partial charge in [0, 0.05) is 22.9 Å². The van der Waals surface area contributed by atoms with Crippen molar-refractivity contribution in [3.8, 4) is 5.75 Å². The SMILES string of the molecule is Cc1cc(=O)oc2c3c(ccc12)OC1/C=C\CCCCC31. The molecule has 0 fully saturated rings. The lowest BCUT2D eigenvalue weighted by molar-refractivity contribution is 0.245. The van der Waals surface area contributed by atoms with Crippen LogP contribution in [0.3, 0.4) is 0 Å². The second-order valence-electron chi connectivity index (χ2n) is 6.00. The van der Waals surface area contributed by atoms with Gasteiger partial charge in [-0.1, -0.05) is 12.5 Å². The summed E-state index contributed by atoms with van der Waals surface area (Å²) in [6, 6.07) is 5.57. The fourth-order valence-corrected chi connectivity index (χ4v) is 3.57. The zero-order chi connectivity index (χ0) is 14.4. The standard InChI is InChI=1S/C18H18O3/c1-11-10-16(19)21-18-12(11)8-9-15-17(18)13-6-4-2-3-5-7-14(13)20-15/h5,7-10,13-14H,2-4,6H2,1H3/b7-5-. The van der Waals surface area contributed by atoms with E-state index < -0.39 is 0 Å². The molecule has 0 spiro atoms. The van der Waals surface area contributed by atoms with Crippen LogP contribution in [0.15, 0.2) is 39.6 Å². The molecule has 0 saturated heterocycles. The van der Waals surface area contributed by atoms with Gasteiger partial charge in [0.25, 0.3) is 0 Å². The largest absolute Gasteiger partial charge is 0.485 e. The van der Waals surface area contributed by atoms with Crippen molar-refractivity contribution < 1.29 is 9.15 Å². The number of allylic oxidation sites excluding steroid dienone is 1.